The van der Waals surface area contributed by atoms with Gasteiger partial charge in [0.2, 0.25) is 11.8 Å². The lowest BCUT2D eigenvalue weighted by Crippen LogP contribution is -2.38. The highest BCUT2D eigenvalue weighted by atomic mass is 16.2. The van der Waals surface area contributed by atoms with Gasteiger partial charge in [-0.25, -0.2) is 0 Å². The van der Waals surface area contributed by atoms with Crippen LogP contribution in [0.4, 0.5) is 0 Å². The fourth-order valence-corrected chi connectivity index (χ4v) is 1.92. The van der Waals surface area contributed by atoms with Crippen LogP contribution in [0.5, 0.6) is 0 Å². The van der Waals surface area contributed by atoms with Crippen LogP contribution in [0.3, 0.4) is 0 Å². The first-order valence-corrected chi connectivity index (χ1v) is 5.66. The first-order valence-electron chi connectivity index (χ1n) is 5.66. The highest BCUT2D eigenvalue weighted by molar-refractivity contribution is 5.87. The van der Waals surface area contributed by atoms with Gasteiger partial charge in [-0.15, -0.1) is 0 Å². The van der Waals surface area contributed by atoms with Crippen molar-refractivity contribution in [3.8, 4) is 0 Å². The van der Waals surface area contributed by atoms with Crippen LogP contribution in [0.1, 0.15) is 19.3 Å². The van der Waals surface area contributed by atoms with Gasteiger partial charge in [-0.2, -0.15) is 0 Å². The summed E-state index contributed by atoms with van der Waals surface area (Å²) in [7, 11) is 3.55. The summed E-state index contributed by atoms with van der Waals surface area (Å²) in [5.41, 5.74) is 0. The lowest BCUT2D eigenvalue weighted by molar-refractivity contribution is -0.130. The molecule has 4 nitrogen and oxygen atoms in total. The molecule has 0 aromatic heterocycles. The minimum absolute atomic E-state index is 0.00242. The molecule has 4 heteroatoms. The monoisotopic (exact) mass is 224 g/mol. The molecule has 0 atom stereocenters. The first-order chi connectivity index (χ1) is 7.54. The quantitative estimate of drug-likeness (QED) is 0.668. The summed E-state index contributed by atoms with van der Waals surface area (Å²) in [6.07, 6.45) is 3.78. The van der Waals surface area contributed by atoms with Gasteiger partial charge < -0.3 is 9.80 Å². The first kappa shape index (κ1) is 12.7. The van der Waals surface area contributed by atoms with E-state index in [0.29, 0.717) is 12.3 Å². The molecule has 0 radical (unpaired) electrons. The van der Waals surface area contributed by atoms with Crippen LogP contribution in [0.2, 0.25) is 0 Å². The summed E-state index contributed by atoms with van der Waals surface area (Å²) in [5, 5.41) is 0. The molecule has 0 spiro atoms. The molecular formula is C12H20N2O2. The molecule has 16 heavy (non-hydrogen) atoms. The number of carbonyl (C=O) groups excluding carboxylic acids is 2. The van der Waals surface area contributed by atoms with E-state index in [0.717, 1.165) is 25.9 Å². The summed E-state index contributed by atoms with van der Waals surface area (Å²) in [6.45, 7) is 4.97. The molecule has 0 unspecified atom stereocenters. The fraction of sp³-hybridized carbons (Fsp3) is 0.667. The van der Waals surface area contributed by atoms with Gasteiger partial charge in [-0.3, -0.25) is 9.59 Å². The van der Waals surface area contributed by atoms with Crippen LogP contribution < -0.4 is 0 Å². The lowest BCUT2D eigenvalue weighted by Gasteiger charge is -2.31. The number of nitrogens with zero attached hydrogens (tertiary/aromatic N) is 2. The van der Waals surface area contributed by atoms with Crippen molar-refractivity contribution in [3.05, 3.63) is 12.7 Å². The molecule has 1 heterocycles. The smallest absolute Gasteiger partial charge is 0.245 e. The SMILES string of the molecule is C=CC(=O)N1CCC(CC(=O)N(C)C)CC1. The molecule has 2 amide bonds. The zero-order valence-corrected chi connectivity index (χ0v) is 10.1. The number of likely N-dealkylation sites (tertiary alicyclic amines) is 1. The van der Waals surface area contributed by atoms with E-state index in [1.807, 2.05) is 0 Å². The Bertz CT molecular complexity index is 279. The average molecular weight is 224 g/mol. The molecule has 1 aliphatic rings. The van der Waals surface area contributed by atoms with Gasteiger partial charge in [-0.05, 0) is 24.8 Å². The summed E-state index contributed by atoms with van der Waals surface area (Å²) in [5.74, 6) is 0.592. The predicted molar refractivity (Wildman–Crippen MR) is 62.8 cm³/mol. The highest BCUT2D eigenvalue weighted by Crippen LogP contribution is 2.21. The third kappa shape index (κ3) is 3.36. The highest BCUT2D eigenvalue weighted by Gasteiger charge is 2.23. The second kappa shape index (κ2) is 5.68. The molecule has 0 aliphatic carbocycles. The van der Waals surface area contributed by atoms with Crippen molar-refractivity contribution in [3.63, 3.8) is 0 Å². The van der Waals surface area contributed by atoms with Gasteiger partial charge in [-0.1, -0.05) is 6.58 Å². The normalized spacial score (nSPS) is 17.0. The number of piperidine rings is 1. The second-order valence-electron chi connectivity index (χ2n) is 4.47. The van der Waals surface area contributed by atoms with Crippen molar-refractivity contribution in [2.45, 2.75) is 19.3 Å². The van der Waals surface area contributed by atoms with Gasteiger partial charge in [0.15, 0.2) is 0 Å². The second-order valence-corrected chi connectivity index (χ2v) is 4.47. The van der Waals surface area contributed by atoms with E-state index in [-0.39, 0.29) is 11.8 Å². The number of amides is 2. The molecule has 0 bridgehead atoms. The summed E-state index contributed by atoms with van der Waals surface area (Å²) >= 11 is 0. The molecule has 0 aromatic carbocycles. The third-order valence-electron chi connectivity index (χ3n) is 3.06. The average Bonchev–Trinajstić information content (AvgIpc) is 2.28. The number of hydrogen-bond donors (Lipinski definition) is 0. The maximum atomic E-state index is 11.5. The van der Waals surface area contributed by atoms with Crippen LogP contribution in [-0.4, -0.2) is 48.8 Å². The molecular weight excluding hydrogens is 204 g/mol. The topological polar surface area (TPSA) is 40.6 Å². The molecule has 0 N–H and O–H groups in total. The van der Waals surface area contributed by atoms with Crippen molar-refractivity contribution in [2.75, 3.05) is 27.2 Å². The molecule has 90 valence electrons. The predicted octanol–water partition coefficient (Wildman–Crippen LogP) is 0.889. The van der Waals surface area contributed by atoms with Gasteiger partial charge in [0, 0.05) is 33.6 Å². The Labute approximate surface area is 96.9 Å². The Morgan fingerprint density at radius 2 is 1.94 bits per heavy atom. The Kier molecular flexibility index (Phi) is 4.52. The largest absolute Gasteiger partial charge is 0.349 e. The third-order valence-corrected chi connectivity index (χ3v) is 3.06. The van der Waals surface area contributed by atoms with Crippen molar-refractivity contribution >= 4 is 11.8 Å². The van der Waals surface area contributed by atoms with Crippen molar-refractivity contribution in [1.82, 2.24) is 9.80 Å². The fourth-order valence-electron chi connectivity index (χ4n) is 1.92. The van der Waals surface area contributed by atoms with Gasteiger partial charge in [0.05, 0.1) is 0 Å². The van der Waals surface area contributed by atoms with E-state index in [1.54, 1.807) is 23.9 Å². The van der Waals surface area contributed by atoms with E-state index in [1.165, 1.54) is 6.08 Å². The van der Waals surface area contributed by atoms with Crippen LogP contribution in [0.25, 0.3) is 0 Å². The maximum Gasteiger partial charge on any atom is 0.245 e. The minimum Gasteiger partial charge on any atom is -0.349 e. The van der Waals surface area contributed by atoms with E-state index >= 15 is 0 Å². The Morgan fingerprint density at radius 3 is 2.38 bits per heavy atom. The van der Waals surface area contributed by atoms with Crippen LogP contribution in [0.15, 0.2) is 12.7 Å². The Hall–Kier alpha value is -1.32. The number of rotatable bonds is 3. The maximum absolute atomic E-state index is 11.5. The summed E-state index contributed by atoms with van der Waals surface area (Å²) in [6, 6.07) is 0. The van der Waals surface area contributed by atoms with Crippen molar-refractivity contribution in [2.24, 2.45) is 5.92 Å². The van der Waals surface area contributed by atoms with Crippen LogP contribution >= 0.6 is 0 Å². The molecule has 0 aromatic rings. The Balaban J connectivity index is 2.35. The minimum atomic E-state index is -0.00242. The lowest BCUT2D eigenvalue weighted by atomic mass is 9.93. The van der Waals surface area contributed by atoms with Gasteiger partial charge >= 0.3 is 0 Å². The zero-order valence-electron chi connectivity index (χ0n) is 10.1. The Morgan fingerprint density at radius 1 is 1.38 bits per heavy atom. The van der Waals surface area contributed by atoms with Crippen LogP contribution in [0, 0.1) is 5.92 Å². The van der Waals surface area contributed by atoms with E-state index in [9.17, 15) is 9.59 Å². The molecule has 1 rings (SSSR count). The molecule has 0 saturated carbocycles. The van der Waals surface area contributed by atoms with Crippen molar-refractivity contribution in [1.29, 1.82) is 0 Å². The summed E-state index contributed by atoms with van der Waals surface area (Å²) < 4.78 is 0. The van der Waals surface area contributed by atoms with E-state index in [4.69, 9.17) is 0 Å². The number of hydrogen-bond acceptors (Lipinski definition) is 2. The van der Waals surface area contributed by atoms with Crippen LogP contribution in [-0.2, 0) is 9.59 Å². The molecule has 1 aliphatic heterocycles. The number of carbonyl (C=O) groups is 2. The van der Waals surface area contributed by atoms with Gasteiger partial charge in [0.25, 0.3) is 0 Å². The van der Waals surface area contributed by atoms with E-state index in [2.05, 4.69) is 6.58 Å². The van der Waals surface area contributed by atoms with Gasteiger partial charge in [0.1, 0.15) is 0 Å². The van der Waals surface area contributed by atoms with E-state index < -0.39 is 0 Å². The molecule has 1 saturated heterocycles. The molecule has 1 fully saturated rings. The summed E-state index contributed by atoms with van der Waals surface area (Å²) in [4.78, 5) is 26.3. The van der Waals surface area contributed by atoms with Crippen molar-refractivity contribution < 1.29 is 9.59 Å². The zero-order chi connectivity index (χ0) is 12.1. The standard InChI is InChI=1S/C12H20N2O2/c1-4-11(15)14-7-5-10(6-8-14)9-12(16)13(2)3/h4,10H,1,5-9H2,2-3H3.